The van der Waals surface area contributed by atoms with Crippen LogP contribution in [-0.2, 0) is 14.3 Å². The van der Waals surface area contributed by atoms with Crippen molar-refractivity contribution in [2.24, 2.45) is 0 Å². The van der Waals surface area contributed by atoms with E-state index in [0.29, 0.717) is 5.69 Å². The molecule has 0 radical (unpaired) electrons. The van der Waals surface area contributed by atoms with Gasteiger partial charge in [-0.25, -0.2) is 4.79 Å². The van der Waals surface area contributed by atoms with Crippen LogP contribution >= 0.6 is 0 Å². The fraction of sp³-hybridized carbons (Fsp3) is 0.367. The number of ether oxygens (including phenoxy) is 1. The second-order valence-corrected chi connectivity index (χ2v) is 10.7. The van der Waals surface area contributed by atoms with Crippen LogP contribution in [0.3, 0.4) is 0 Å². The normalized spacial score (nSPS) is 14.9. The van der Waals surface area contributed by atoms with Gasteiger partial charge in [-0.1, -0.05) is 60.2 Å². The van der Waals surface area contributed by atoms with E-state index in [1.54, 1.807) is 32.6 Å². The highest BCUT2D eigenvalue weighted by atomic mass is 16.6. The Morgan fingerprint density at radius 1 is 0.946 bits per heavy atom. The van der Waals surface area contributed by atoms with Crippen LogP contribution < -0.4 is 10.6 Å². The van der Waals surface area contributed by atoms with Crippen molar-refractivity contribution >= 4 is 34.4 Å². The fourth-order valence-corrected chi connectivity index (χ4v) is 4.40. The minimum Gasteiger partial charge on any atom is -0.444 e. The third-order valence-corrected chi connectivity index (χ3v) is 6.20. The van der Waals surface area contributed by atoms with Crippen LogP contribution in [-0.4, -0.2) is 40.5 Å². The first-order valence-corrected chi connectivity index (χ1v) is 12.7. The van der Waals surface area contributed by atoms with E-state index in [-0.39, 0.29) is 17.9 Å². The zero-order chi connectivity index (χ0) is 26.7. The SMILES string of the molecule is Cc1cccc(C(C(=O)Nc2ccc3ccccc3c2)N(C(=O)C(C)NC(=O)OC(C)(C)C)C2CC2)c1. The van der Waals surface area contributed by atoms with Crippen LogP contribution in [0.2, 0.25) is 0 Å². The second kappa shape index (κ2) is 10.6. The summed E-state index contributed by atoms with van der Waals surface area (Å²) in [6, 6.07) is 19.5. The molecule has 0 aromatic heterocycles. The maximum absolute atomic E-state index is 13.9. The Kier molecular flexibility index (Phi) is 7.52. The molecule has 2 atom stereocenters. The number of rotatable bonds is 7. The number of nitrogens with one attached hydrogen (secondary N) is 2. The minimum atomic E-state index is -0.865. The average Bonchev–Trinajstić information content (AvgIpc) is 3.65. The summed E-state index contributed by atoms with van der Waals surface area (Å²) in [5, 5.41) is 7.77. The molecule has 3 aromatic rings. The van der Waals surface area contributed by atoms with Crippen LogP contribution in [0, 0.1) is 6.92 Å². The standard InChI is InChI=1S/C30H35N3O4/c1-19-9-8-12-23(17-19)26(27(34)32-24-14-13-21-10-6-7-11-22(21)18-24)33(25-15-16-25)28(35)20(2)31-29(36)37-30(3,4)5/h6-14,17-18,20,25-26H,15-16H2,1-5H3,(H,31,36)(H,32,34). The predicted octanol–water partition coefficient (Wildman–Crippen LogP) is 5.73. The molecule has 3 amide bonds. The van der Waals surface area contributed by atoms with Crippen LogP contribution in [0.4, 0.5) is 10.5 Å². The zero-order valence-corrected chi connectivity index (χ0v) is 22.1. The number of hydrogen-bond acceptors (Lipinski definition) is 4. The lowest BCUT2D eigenvalue weighted by Crippen LogP contribution is -2.52. The lowest BCUT2D eigenvalue weighted by Gasteiger charge is -2.34. The van der Waals surface area contributed by atoms with Gasteiger partial charge in [-0.05, 0) is 75.9 Å². The van der Waals surface area contributed by atoms with Gasteiger partial charge in [0.2, 0.25) is 5.91 Å². The molecular weight excluding hydrogens is 466 g/mol. The Hall–Kier alpha value is -3.87. The number of aryl methyl sites for hydroxylation is 1. The first-order valence-electron chi connectivity index (χ1n) is 12.7. The van der Waals surface area contributed by atoms with Gasteiger partial charge in [-0.15, -0.1) is 0 Å². The van der Waals surface area contributed by atoms with Crippen molar-refractivity contribution in [1.82, 2.24) is 10.2 Å². The molecular formula is C30H35N3O4. The van der Waals surface area contributed by atoms with Crippen molar-refractivity contribution in [3.05, 3.63) is 77.9 Å². The Labute approximate surface area is 218 Å². The smallest absolute Gasteiger partial charge is 0.408 e. The fourth-order valence-electron chi connectivity index (χ4n) is 4.40. The molecule has 1 aliphatic rings. The Morgan fingerprint density at radius 2 is 1.65 bits per heavy atom. The van der Waals surface area contributed by atoms with Gasteiger partial charge in [-0.3, -0.25) is 9.59 Å². The lowest BCUT2D eigenvalue weighted by atomic mass is 10.0. The minimum absolute atomic E-state index is 0.0803. The van der Waals surface area contributed by atoms with E-state index in [1.807, 2.05) is 73.7 Å². The second-order valence-electron chi connectivity index (χ2n) is 10.7. The Morgan fingerprint density at radius 3 is 2.30 bits per heavy atom. The van der Waals surface area contributed by atoms with Gasteiger partial charge in [0.15, 0.2) is 0 Å². The van der Waals surface area contributed by atoms with E-state index < -0.39 is 23.8 Å². The summed E-state index contributed by atoms with van der Waals surface area (Å²) in [6.45, 7) is 8.87. The van der Waals surface area contributed by atoms with Gasteiger partial charge < -0.3 is 20.3 Å². The van der Waals surface area contributed by atoms with Crippen molar-refractivity contribution in [3.8, 4) is 0 Å². The molecule has 0 aliphatic heterocycles. The van der Waals surface area contributed by atoms with E-state index in [9.17, 15) is 14.4 Å². The quantitative estimate of drug-likeness (QED) is 0.433. The average molecular weight is 502 g/mol. The van der Waals surface area contributed by atoms with Gasteiger partial charge in [-0.2, -0.15) is 0 Å². The number of hydrogen-bond donors (Lipinski definition) is 2. The third-order valence-electron chi connectivity index (χ3n) is 6.20. The summed E-state index contributed by atoms with van der Waals surface area (Å²) in [5.74, 6) is -0.626. The molecule has 1 saturated carbocycles. The molecule has 7 heteroatoms. The number of fused-ring (bicyclic) bond motifs is 1. The maximum Gasteiger partial charge on any atom is 0.408 e. The molecule has 3 aromatic carbocycles. The van der Waals surface area contributed by atoms with Crippen LogP contribution in [0.1, 0.15) is 57.7 Å². The first kappa shape index (κ1) is 26.2. The number of amides is 3. The van der Waals surface area contributed by atoms with Gasteiger partial charge in [0.05, 0.1) is 0 Å². The summed E-state index contributed by atoms with van der Waals surface area (Å²) in [5.41, 5.74) is 1.68. The van der Waals surface area contributed by atoms with Crippen molar-refractivity contribution in [2.45, 2.75) is 71.2 Å². The molecule has 2 N–H and O–H groups in total. The molecule has 4 rings (SSSR count). The van der Waals surface area contributed by atoms with Crippen LogP contribution in [0.15, 0.2) is 66.7 Å². The summed E-state index contributed by atoms with van der Waals surface area (Å²) >= 11 is 0. The first-order chi connectivity index (χ1) is 17.5. The number of nitrogens with zero attached hydrogens (tertiary/aromatic N) is 1. The number of alkyl carbamates (subject to hydrolysis) is 1. The molecule has 1 aliphatic carbocycles. The summed E-state index contributed by atoms with van der Waals surface area (Å²) in [4.78, 5) is 41.6. The van der Waals surface area contributed by atoms with E-state index in [4.69, 9.17) is 4.74 Å². The zero-order valence-electron chi connectivity index (χ0n) is 22.1. The lowest BCUT2D eigenvalue weighted by molar-refractivity contribution is -0.141. The highest BCUT2D eigenvalue weighted by Gasteiger charge is 2.43. The van der Waals surface area contributed by atoms with Crippen molar-refractivity contribution in [1.29, 1.82) is 0 Å². The summed E-state index contributed by atoms with van der Waals surface area (Å²) in [7, 11) is 0. The van der Waals surface area contributed by atoms with Gasteiger partial charge in [0.25, 0.3) is 5.91 Å². The molecule has 194 valence electrons. The molecule has 0 bridgehead atoms. The van der Waals surface area contributed by atoms with Crippen molar-refractivity contribution < 1.29 is 19.1 Å². The molecule has 1 fully saturated rings. The van der Waals surface area contributed by atoms with E-state index in [2.05, 4.69) is 10.6 Å². The third kappa shape index (κ3) is 6.67. The Bertz CT molecular complexity index is 1310. The summed E-state index contributed by atoms with van der Waals surface area (Å²) < 4.78 is 5.34. The van der Waals surface area contributed by atoms with Crippen LogP contribution in [0.5, 0.6) is 0 Å². The monoisotopic (exact) mass is 501 g/mol. The largest absolute Gasteiger partial charge is 0.444 e. The Balaban J connectivity index is 1.63. The number of benzene rings is 3. The van der Waals surface area contributed by atoms with Gasteiger partial charge >= 0.3 is 6.09 Å². The summed E-state index contributed by atoms with van der Waals surface area (Å²) in [6.07, 6.45) is 0.934. The molecule has 7 nitrogen and oxygen atoms in total. The van der Waals surface area contributed by atoms with E-state index in [1.165, 1.54) is 0 Å². The van der Waals surface area contributed by atoms with Crippen molar-refractivity contribution in [3.63, 3.8) is 0 Å². The number of anilines is 1. The highest BCUT2D eigenvalue weighted by Crippen LogP contribution is 2.36. The van der Waals surface area contributed by atoms with E-state index >= 15 is 0 Å². The predicted molar refractivity (Wildman–Crippen MR) is 145 cm³/mol. The van der Waals surface area contributed by atoms with Gasteiger partial charge in [0.1, 0.15) is 17.7 Å². The van der Waals surface area contributed by atoms with Crippen molar-refractivity contribution in [2.75, 3.05) is 5.32 Å². The number of carbonyl (C=O) groups excluding carboxylic acids is 3. The molecule has 0 saturated heterocycles. The molecule has 37 heavy (non-hydrogen) atoms. The van der Waals surface area contributed by atoms with Crippen LogP contribution in [0.25, 0.3) is 10.8 Å². The van der Waals surface area contributed by atoms with E-state index in [0.717, 1.165) is 34.7 Å². The van der Waals surface area contributed by atoms with Gasteiger partial charge in [0, 0.05) is 11.7 Å². The maximum atomic E-state index is 13.9. The number of carbonyl (C=O) groups is 3. The molecule has 0 heterocycles. The molecule has 0 spiro atoms. The highest BCUT2D eigenvalue weighted by molar-refractivity contribution is 6.00. The molecule has 2 unspecified atom stereocenters. The topological polar surface area (TPSA) is 87.7 Å².